The number of phenolic OH excluding ortho intramolecular Hbond substituents is 1. The molecule has 0 radical (unpaired) electrons. The first-order valence-corrected chi connectivity index (χ1v) is 8.17. The lowest BCUT2D eigenvalue weighted by atomic mass is 10.0. The minimum atomic E-state index is -4.55. The molecule has 3 rings (SSSR count). The highest BCUT2D eigenvalue weighted by atomic mass is 19.4. The Bertz CT molecular complexity index is 1030. The number of ketones is 1. The van der Waals surface area contributed by atoms with Gasteiger partial charge in [0, 0.05) is 16.8 Å². The van der Waals surface area contributed by atoms with Gasteiger partial charge >= 0.3 is 6.18 Å². The van der Waals surface area contributed by atoms with E-state index in [1.54, 1.807) is 30.3 Å². The number of benzene rings is 3. The molecule has 0 aliphatic heterocycles. The van der Waals surface area contributed by atoms with Crippen molar-refractivity contribution in [2.24, 2.45) is 0 Å². The molecule has 0 aliphatic carbocycles. The third-order valence-electron chi connectivity index (χ3n) is 3.99. The molecule has 0 aliphatic rings. The fourth-order valence-corrected chi connectivity index (χ4v) is 2.59. The largest absolute Gasteiger partial charge is 0.507 e. The van der Waals surface area contributed by atoms with Crippen molar-refractivity contribution in [3.63, 3.8) is 0 Å². The van der Waals surface area contributed by atoms with Gasteiger partial charge in [0.25, 0.3) is 5.91 Å². The number of amides is 1. The summed E-state index contributed by atoms with van der Waals surface area (Å²) in [6.07, 6.45) is -4.55. The minimum Gasteiger partial charge on any atom is -0.507 e. The molecule has 7 heteroatoms. The van der Waals surface area contributed by atoms with E-state index in [1.807, 2.05) is 0 Å². The van der Waals surface area contributed by atoms with Crippen molar-refractivity contribution < 1.29 is 27.9 Å². The number of halogens is 3. The van der Waals surface area contributed by atoms with Crippen LogP contribution >= 0.6 is 0 Å². The van der Waals surface area contributed by atoms with E-state index in [4.69, 9.17) is 0 Å². The Hall–Kier alpha value is -3.61. The van der Waals surface area contributed by atoms with Crippen LogP contribution in [0.15, 0.2) is 72.8 Å². The third kappa shape index (κ3) is 4.20. The van der Waals surface area contributed by atoms with Crippen molar-refractivity contribution in [3.05, 3.63) is 95.1 Å². The summed E-state index contributed by atoms with van der Waals surface area (Å²) in [5.41, 5.74) is -0.656. The summed E-state index contributed by atoms with van der Waals surface area (Å²) in [6, 6.07) is 16.2. The van der Waals surface area contributed by atoms with Crippen LogP contribution < -0.4 is 5.32 Å². The summed E-state index contributed by atoms with van der Waals surface area (Å²) < 4.78 is 38.4. The molecule has 0 heterocycles. The topological polar surface area (TPSA) is 66.4 Å². The second-order valence-electron chi connectivity index (χ2n) is 5.96. The summed E-state index contributed by atoms with van der Waals surface area (Å²) in [5, 5.41) is 12.3. The molecular weight excluding hydrogens is 371 g/mol. The van der Waals surface area contributed by atoms with Crippen LogP contribution in [0.1, 0.15) is 31.8 Å². The molecule has 0 bridgehead atoms. The Kier molecular flexibility index (Phi) is 5.17. The lowest BCUT2D eigenvalue weighted by Gasteiger charge is -2.11. The van der Waals surface area contributed by atoms with Crippen LogP contribution in [0, 0.1) is 0 Å². The molecule has 3 aromatic rings. The van der Waals surface area contributed by atoms with E-state index in [2.05, 4.69) is 5.32 Å². The molecule has 28 heavy (non-hydrogen) atoms. The first-order valence-electron chi connectivity index (χ1n) is 8.17. The van der Waals surface area contributed by atoms with Gasteiger partial charge in [0.1, 0.15) is 5.75 Å². The van der Waals surface area contributed by atoms with E-state index in [1.165, 1.54) is 24.3 Å². The zero-order valence-corrected chi connectivity index (χ0v) is 14.3. The Morgan fingerprint density at radius 3 is 2.21 bits per heavy atom. The van der Waals surface area contributed by atoms with E-state index >= 15 is 0 Å². The van der Waals surface area contributed by atoms with Crippen molar-refractivity contribution >= 4 is 17.4 Å². The average Bonchev–Trinajstić information content (AvgIpc) is 2.68. The van der Waals surface area contributed by atoms with Gasteiger partial charge < -0.3 is 10.4 Å². The standard InChI is InChI=1S/C21H14F3NO3/c22-21(23,24)15-7-4-8-16(12-15)25-20(28)17-11-14(9-10-18(17)26)19(27)13-5-2-1-3-6-13/h1-12,26H,(H,25,28). The number of hydrogen-bond acceptors (Lipinski definition) is 3. The maximum Gasteiger partial charge on any atom is 0.416 e. The summed E-state index contributed by atoms with van der Waals surface area (Å²) in [6.45, 7) is 0. The van der Waals surface area contributed by atoms with E-state index in [-0.39, 0.29) is 22.6 Å². The van der Waals surface area contributed by atoms with E-state index < -0.39 is 23.4 Å². The molecule has 0 saturated heterocycles. The van der Waals surface area contributed by atoms with Gasteiger partial charge in [-0.2, -0.15) is 13.2 Å². The zero-order valence-electron chi connectivity index (χ0n) is 14.3. The predicted octanol–water partition coefficient (Wildman–Crippen LogP) is 4.89. The number of alkyl halides is 3. The van der Waals surface area contributed by atoms with Gasteiger partial charge in [-0.05, 0) is 36.4 Å². The lowest BCUT2D eigenvalue weighted by molar-refractivity contribution is -0.137. The molecule has 142 valence electrons. The summed E-state index contributed by atoms with van der Waals surface area (Å²) in [7, 11) is 0. The number of aromatic hydroxyl groups is 1. The van der Waals surface area contributed by atoms with Crippen molar-refractivity contribution in [1.82, 2.24) is 0 Å². The number of anilines is 1. The normalized spacial score (nSPS) is 11.1. The van der Waals surface area contributed by atoms with Crippen molar-refractivity contribution in [2.45, 2.75) is 6.18 Å². The number of nitrogens with one attached hydrogen (secondary N) is 1. The van der Waals surface area contributed by atoms with Gasteiger partial charge in [0.15, 0.2) is 5.78 Å². The highest BCUT2D eigenvalue weighted by Crippen LogP contribution is 2.31. The Labute approximate surface area is 158 Å². The first kappa shape index (κ1) is 19.2. The van der Waals surface area contributed by atoms with Gasteiger partial charge in [-0.3, -0.25) is 9.59 Å². The molecule has 4 nitrogen and oxygen atoms in total. The van der Waals surface area contributed by atoms with Gasteiger partial charge in [0.05, 0.1) is 11.1 Å². The minimum absolute atomic E-state index is 0.0842. The molecule has 0 spiro atoms. The average molecular weight is 385 g/mol. The molecule has 1 amide bonds. The maximum absolute atomic E-state index is 12.8. The van der Waals surface area contributed by atoms with Gasteiger partial charge in [-0.15, -0.1) is 0 Å². The van der Waals surface area contributed by atoms with Crippen molar-refractivity contribution in [3.8, 4) is 5.75 Å². The molecule has 2 N–H and O–H groups in total. The van der Waals surface area contributed by atoms with Gasteiger partial charge in [-0.25, -0.2) is 0 Å². The molecule has 3 aromatic carbocycles. The van der Waals surface area contributed by atoms with Gasteiger partial charge in [-0.1, -0.05) is 36.4 Å². The molecule has 0 saturated carbocycles. The quantitative estimate of drug-likeness (QED) is 0.628. The van der Waals surface area contributed by atoms with Crippen molar-refractivity contribution in [1.29, 1.82) is 0 Å². The second-order valence-corrected chi connectivity index (χ2v) is 5.96. The Morgan fingerprint density at radius 2 is 1.54 bits per heavy atom. The molecule has 0 fully saturated rings. The Balaban J connectivity index is 1.87. The molecule has 0 aromatic heterocycles. The van der Waals surface area contributed by atoms with E-state index in [9.17, 15) is 27.9 Å². The van der Waals surface area contributed by atoms with Crippen LogP contribution in [-0.2, 0) is 6.18 Å². The monoisotopic (exact) mass is 385 g/mol. The van der Waals surface area contributed by atoms with Crippen LogP contribution in [0.4, 0.5) is 18.9 Å². The summed E-state index contributed by atoms with van der Waals surface area (Å²) in [4.78, 5) is 25.0. The molecule has 0 unspecified atom stereocenters. The number of rotatable bonds is 4. The smallest absolute Gasteiger partial charge is 0.416 e. The fraction of sp³-hybridized carbons (Fsp3) is 0.0476. The molecular formula is C21H14F3NO3. The van der Waals surface area contributed by atoms with Crippen LogP contribution in [-0.4, -0.2) is 16.8 Å². The van der Waals surface area contributed by atoms with Crippen LogP contribution in [0.25, 0.3) is 0 Å². The lowest BCUT2D eigenvalue weighted by Crippen LogP contribution is -2.14. The number of hydrogen-bond donors (Lipinski definition) is 2. The zero-order chi connectivity index (χ0) is 20.3. The number of carbonyl (C=O) groups is 2. The maximum atomic E-state index is 12.8. The van der Waals surface area contributed by atoms with Crippen molar-refractivity contribution in [2.75, 3.05) is 5.32 Å². The van der Waals surface area contributed by atoms with Crippen LogP contribution in [0.5, 0.6) is 5.75 Å². The van der Waals surface area contributed by atoms with E-state index in [0.29, 0.717) is 5.56 Å². The fourth-order valence-electron chi connectivity index (χ4n) is 2.59. The van der Waals surface area contributed by atoms with Crippen LogP contribution in [0.2, 0.25) is 0 Å². The highest BCUT2D eigenvalue weighted by molar-refractivity contribution is 6.12. The van der Waals surface area contributed by atoms with Gasteiger partial charge in [0.2, 0.25) is 0 Å². The third-order valence-corrected chi connectivity index (χ3v) is 3.99. The predicted molar refractivity (Wildman–Crippen MR) is 97.4 cm³/mol. The number of phenols is 1. The number of carbonyl (C=O) groups excluding carboxylic acids is 2. The van der Waals surface area contributed by atoms with Crippen LogP contribution in [0.3, 0.4) is 0 Å². The van der Waals surface area contributed by atoms with E-state index in [0.717, 1.165) is 18.2 Å². The molecule has 0 atom stereocenters. The summed E-state index contributed by atoms with van der Waals surface area (Å²) in [5.74, 6) is -1.58. The first-order chi connectivity index (χ1) is 13.3. The second kappa shape index (κ2) is 7.56. The SMILES string of the molecule is O=C(c1ccccc1)c1ccc(O)c(C(=O)Nc2cccc(C(F)(F)F)c2)c1. The Morgan fingerprint density at radius 1 is 0.821 bits per heavy atom. The highest BCUT2D eigenvalue weighted by Gasteiger charge is 2.30. The summed E-state index contributed by atoms with van der Waals surface area (Å²) >= 11 is 0.